The molecule has 9 heteroatoms. The monoisotopic (exact) mass is 382 g/mol. The quantitative estimate of drug-likeness (QED) is 0.872. The van der Waals surface area contributed by atoms with Gasteiger partial charge in [0.15, 0.2) is 0 Å². The van der Waals surface area contributed by atoms with Crippen molar-refractivity contribution < 1.29 is 13.5 Å². The van der Waals surface area contributed by atoms with Crippen LogP contribution in [0.1, 0.15) is 32.0 Å². The molecular formula is C16H19ClN4O3S. The first kappa shape index (κ1) is 17.9. The van der Waals surface area contributed by atoms with Crippen molar-refractivity contribution in [3.8, 4) is 0 Å². The first-order chi connectivity index (χ1) is 11.5. The summed E-state index contributed by atoms with van der Waals surface area (Å²) in [5, 5.41) is 17.5. The number of hydrogen-bond acceptors (Lipinski definition) is 6. The van der Waals surface area contributed by atoms with Gasteiger partial charge in [0.25, 0.3) is 10.0 Å². The zero-order chi connectivity index (χ0) is 18.6. The standard InChI is InChI=1S/C16H19ClN4O3S/c1-10(2)20-6-5-11-7-12(17)14(8-13(11)20)25(23,24)21-9-15(18-19-21)16(3,4)22/h7-9,22H,1,5-6H2,2-4H3. The molecule has 0 bridgehead atoms. The molecule has 0 fully saturated rings. The van der Waals surface area contributed by atoms with Crippen molar-refractivity contribution in [2.24, 2.45) is 0 Å². The summed E-state index contributed by atoms with van der Waals surface area (Å²) in [7, 11) is -4.04. The second-order valence-electron chi connectivity index (χ2n) is 6.59. The van der Waals surface area contributed by atoms with Gasteiger partial charge in [-0.05, 0) is 44.9 Å². The molecule has 0 unspecified atom stereocenters. The Balaban J connectivity index is 2.11. The molecule has 1 N–H and O–H groups in total. The van der Waals surface area contributed by atoms with E-state index in [0.29, 0.717) is 0 Å². The lowest BCUT2D eigenvalue weighted by molar-refractivity contribution is 0.0737. The number of aromatic nitrogens is 3. The Morgan fingerprint density at radius 2 is 2.08 bits per heavy atom. The molecule has 2 aromatic rings. The summed E-state index contributed by atoms with van der Waals surface area (Å²) in [5.74, 6) is 0. The van der Waals surface area contributed by atoms with Crippen molar-refractivity contribution in [2.75, 3.05) is 11.4 Å². The summed E-state index contributed by atoms with van der Waals surface area (Å²) in [4.78, 5) is 1.89. The van der Waals surface area contributed by atoms with E-state index >= 15 is 0 Å². The third-order valence-electron chi connectivity index (χ3n) is 4.11. The number of hydrogen-bond donors (Lipinski definition) is 1. The first-order valence-corrected chi connectivity index (χ1v) is 9.50. The summed E-state index contributed by atoms with van der Waals surface area (Å²) in [6.45, 7) is 9.53. The van der Waals surface area contributed by atoms with Crippen molar-refractivity contribution in [1.29, 1.82) is 0 Å². The maximum atomic E-state index is 12.9. The maximum Gasteiger partial charge on any atom is 0.285 e. The molecule has 0 amide bonds. The van der Waals surface area contributed by atoms with Crippen molar-refractivity contribution in [1.82, 2.24) is 14.4 Å². The predicted octanol–water partition coefficient (Wildman–Crippen LogP) is 2.29. The molecule has 3 rings (SSSR count). The molecule has 1 aromatic carbocycles. The SMILES string of the molecule is C=C(C)N1CCc2cc(Cl)c(S(=O)(=O)n3cc(C(C)(C)O)nn3)cc21. The van der Waals surface area contributed by atoms with Crippen LogP contribution in [0.2, 0.25) is 5.02 Å². The lowest BCUT2D eigenvalue weighted by atomic mass is 10.1. The number of benzene rings is 1. The molecule has 0 aliphatic carbocycles. The number of allylic oxidation sites excluding steroid dienone is 1. The summed E-state index contributed by atoms with van der Waals surface area (Å²) in [6.07, 6.45) is 1.96. The van der Waals surface area contributed by atoms with Crippen LogP contribution in [-0.2, 0) is 22.0 Å². The maximum absolute atomic E-state index is 12.9. The zero-order valence-corrected chi connectivity index (χ0v) is 15.8. The van der Waals surface area contributed by atoms with E-state index in [0.717, 1.165) is 34.0 Å². The average molecular weight is 383 g/mol. The number of nitrogens with zero attached hydrogens (tertiary/aromatic N) is 4. The van der Waals surface area contributed by atoms with E-state index in [4.69, 9.17) is 11.6 Å². The highest BCUT2D eigenvalue weighted by atomic mass is 35.5. The number of rotatable bonds is 4. The fourth-order valence-electron chi connectivity index (χ4n) is 2.73. The lowest BCUT2D eigenvalue weighted by Crippen LogP contribution is -2.18. The van der Waals surface area contributed by atoms with Crippen LogP contribution in [0.4, 0.5) is 5.69 Å². The Kier molecular flexibility index (Phi) is 4.17. The molecule has 0 radical (unpaired) electrons. The normalized spacial score (nSPS) is 14.7. The van der Waals surface area contributed by atoms with Crippen molar-refractivity contribution >= 4 is 27.3 Å². The second kappa shape index (κ2) is 5.82. The van der Waals surface area contributed by atoms with E-state index in [1.165, 1.54) is 20.0 Å². The van der Waals surface area contributed by atoms with Crippen LogP contribution in [0.3, 0.4) is 0 Å². The molecule has 7 nitrogen and oxygen atoms in total. The Labute approximate surface area is 151 Å². The van der Waals surface area contributed by atoms with Gasteiger partial charge in [-0.2, -0.15) is 8.42 Å². The summed E-state index contributed by atoms with van der Waals surface area (Å²) < 4.78 is 26.6. The zero-order valence-electron chi connectivity index (χ0n) is 14.2. The van der Waals surface area contributed by atoms with E-state index in [-0.39, 0.29) is 15.6 Å². The Hall–Kier alpha value is -1.90. The van der Waals surface area contributed by atoms with E-state index in [2.05, 4.69) is 16.9 Å². The fourth-order valence-corrected chi connectivity index (χ4v) is 4.35. The van der Waals surface area contributed by atoms with Crippen molar-refractivity contribution in [3.05, 3.63) is 46.9 Å². The highest BCUT2D eigenvalue weighted by Crippen LogP contribution is 2.37. The molecule has 0 atom stereocenters. The van der Waals surface area contributed by atoms with Gasteiger partial charge in [-0.15, -0.1) is 9.19 Å². The topological polar surface area (TPSA) is 88.3 Å². The van der Waals surface area contributed by atoms with Gasteiger partial charge in [-0.25, -0.2) is 0 Å². The van der Waals surface area contributed by atoms with Gasteiger partial charge in [0.2, 0.25) is 0 Å². The van der Waals surface area contributed by atoms with Crippen molar-refractivity contribution in [2.45, 2.75) is 37.7 Å². The summed E-state index contributed by atoms with van der Waals surface area (Å²) in [5.41, 5.74) is 1.43. The Morgan fingerprint density at radius 1 is 1.40 bits per heavy atom. The highest BCUT2D eigenvalue weighted by Gasteiger charge is 2.29. The average Bonchev–Trinajstić information content (AvgIpc) is 3.12. The van der Waals surface area contributed by atoms with Gasteiger partial charge in [0.1, 0.15) is 16.2 Å². The minimum atomic E-state index is -4.04. The smallest absolute Gasteiger partial charge is 0.285 e. The highest BCUT2D eigenvalue weighted by molar-refractivity contribution is 7.90. The number of anilines is 1. The number of aliphatic hydroxyl groups is 1. The molecule has 1 aliphatic rings. The van der Waals surface area contributed by atoms with E-state index in [1.807, 2.05) is 11.8 Å². The third-order valence-corrected chi connectivity index (χ3v) is 6.10. The van der Waals surface area contributed by atoms with E-state index in [9.17, 15) is 13.5 Å². The van der Waals surface area contributed by atoms with Gasteiger partial charge in [0, 0.05) is 17.9 Å². The lowest BCUT2D eigenvalue weighted by Gasteiger charge is -2.20. The Morgan fingerprint density at radius 3 is 2.64 bits per heavy atom. The molecule has 1 aromatic heterocycles. The van der Waals surface area contributed by atoms with Crippen LogP contribution in [0.15, 0.2) is 35.5 Å². The molecule has 2 heterocycles. The molecule has 1 aliphatic heterocycles. The fraction of sp³-hybridized carbons (Fsp3) is 0.375. The molecular weight excluding hydrogens is 364 g/mol. The van der Waals surface area contributed by atoms with Crippen LogP contribution in [0.5, 0.6) is 0 Å². The summed E-state index contributed by atoms with van der Waals surface area (Å²) >= 11 is 6.24. The van der Waals surface area contributed by atoms with Crippen molar-refractivity contribution in [3.63, 3.8) is 0 Å². The second-order valence-corrected chi connectivity index (χ2v) is 8.76. The third kappa shape index (κ3) is 3.05. The molecule has 0 saturated carbocycles. The minimum absolute atomic E-state index is 0.0618. The predicted molar refractivity (Wildman–Crippen MR) is 95.2 cm³/mol. The van der Waals surface area contributed by atoms with Crippen LogP contribution in [0, 0.1) is 0 Å². The Bertz CT molecular complexity index is 960. The van der Waals surface area contributed by atoms with Crippen LogP contribution in [-0.4, -0.2) is 34.5 Å². The van der Waals surface area contributed by atoms with Gasteiger partial charge in [-0.1, -0.05) is 23.4 Å². The largest absolute Gasteiger partial charge is 0.384 e. The molecule has 134 valence electrons. The van der Waals surface area contributed by atoms with E-state index < -0.39 is 15.6 Å². The van der Waals surface area contributed by atoms with Gasteiger partial charge in [0.05, 0.1) is 11.2 Å². The molecule has 0 saturated heterocycles. The van der Waals surface area contributed by atoms with Crippen LogP contribution < -0.4 is 4.90 Å². The van der Waals surface area contributed by atoms with Gasteiger partial charge in [-0.3, -0.25) is 0 Å². The molecule has 0 spiro atoms. The summed E-state index contributed by atoms with van der Waals surface area (Å²) in [6, 6.07) is 3.21. The van der Waals surface area contributed by atoms with Gasteiger partial charge >= 0.3 is 0 Å². The minimum Gasteiger partial charge on any atom is -0.384 e. The number of fused-ring (bicyclic) bond motifs is 1. The number of halogens is 1. The molecule has 25 heavy (non-hydrogen) atoms. The van der Waals surface area contributed by atoms with Crippen LogP contribution >= 0.6 is 11.6 Å². The van der Waals surface area contributed by atoms with Crippen LogP contribution in [0.25, 0.3) is 0 Å². The van der Waals surface area contributed by atoms with Gasteiger partial charge < -0.3 is 10.0 Å². The van der Waals surface area contributed by atoms with E-state index in [1.54, 1.807) is 12.1 Å². The first-order valence-electron chi connectivity index (χ1n) is 7.68.